The quantitative estimate of drug-likeness (QED) is 0.585. The van der Waals surface area contributed by atoms with Gasteiger partial charge in [-0.3, -0.25) is 0 Å². The lowest BCUT2D eigenvalue weighted by atomic mass is 10.0. The number of halogens is 2. The number of methoxy groups -OCH3 is 1. The standard InChI is InChI=1S/C21H22ClFN2O3/c1-25(2)18(21-16(22)5-4-6-17(21)23)12-24-11-13-9-20(26)28-19-10-14(27-3)7-8-15(13)19/h4-10,18,24H,11-12H2,1-3H3/p+2/t18-/m0/s1. The van der Waals surface area contributed by atoms with E-state index in [1.54, 1.807) is 25.3 Å². The Bertz CT molecular complexity index is 1020. The topological polar surface area (TPSA) is 60.5 Å². The van der Waals surface area contributed by atoms with Gasteiger partial charge in [-0.1, -0.05) is 17.7 Å². The van der Waals surface area contributed by atoms with Crippen LogP contribution in [0.3, 0.4) is 0 Å². The fourth-order valence-corrected chi connectivity index (χ4v) is 3.69. The number of rotatable bonds is 7. The SMILES string of the molecule is COc1ccc2c(C[NH2+]C[C@@H](c3c(F)cccc3Cl)[NH+](C)C)cc(=O)oc2c1. The van der Waals surface area contributed by atoms with Crippen molar-refractivity contribution in [2.45, 2.75) is 12.6 Å². The second-order valence-corrected chi connectivity index (χ2v) is 7.35. The maximum atomic E-state index is 14.4. The van der Waals surface area contributed by atoms with Crippen LogP contribution in [-0.2, 0) is 6.54 Å². The van der Waals surface area contributed by atoms with E-state index in [9.17, 15) is 9.18 Å². The van der Waals surface area contributed by atoms with Gasteiger partial charge in [0.05, 0.1) is 31.8 Å². The summed E-state index contributed by atoms with van der Waals surface area (Å²) in [5.41, 5.74) is 1.46. The minimum atomic E-state index is -0.406. The van der Waals surface area contributed by atoms with Crippen molar-refractivity contribution in [3.63, 3.8) is 0 Å². The van der Waals surface area contributed by atoms with Crippen LogP contribution in [0.25, 0.3) is 11.0 Å². The highest BCUT2D eigenvalue weighted by Gasteiger charge is 2.26. The summed E-state index contributed by atoms with van der Waals surface area (Å²) in [6.45, 7) is 1.17. The largest absolute Gasteiger partial charge is 0.497 e. The molecule has 5 nitrogen and oxygen atoms in total. The zero-order valence-corrected chi connectivity index (χ0v) is 16.8. The van der Waals surface area contributed by atoms with Crippen LogP contribution in [0.2, 0.25) is 5.02 Å². The minimum Gasteiger partial charge on any atom is -0.497 e. The fourth-order valence-electron chi connectivity index (χ4n) is 3.40. The smallest absolute Gasteiger partial charge is 0.336 e. The highest BCUT2D eigenvalue weighted by Crippen LogP contribution is 2.24. The van der Waals surface area contributed by atoms with E-state index in [4.69, 9.17) is 20.8 Å². The first kappa shape index (κ1) is 20.3. The summed E-state index contributed by atoms with van der Waals surface area (Å²) in [5.74, 6) is 0.326. The van der Waals surface area contributed by atoms with Crippen molar-refractivity contribution in [2.24, 2.45) is 0 Å². The average Bonchev–Trinajstić information content (AvgIpc) is 2.65. The fraction of sp³-hybridized carbons (Fsp3) is 0.286. The summed E-state index contributed by atoms with van der Waals surface area (Å²) in [6, 6.07) is 11.5. The third kappa shape index (κ3) is 4.35. The lowest BCUT2D eigenvalue weighted by Gasteiger charge is -2.22. The first-order chi connectivity index (χ1) is 13.4. The van der Waals surface area contributed by atoms with Gasteiger partial charge >= 0.3 is 5.63 Å². The summed E-state index contributed by atoms with van der Waals surface area (Å²) < 4.78 is 24.8. The van der Waals surface area contributed by atoms with Crippen molar-refractivity contribution in [3.05, 3.63) is 74.9 Å². The first-order valence-corrected chi connectivity index (χ1v) is 9.45. The van der Waals surface area contributed by atoms with E-state index >= 15 is 0 Å². The first-order valence-electron chi connectivity index (χ1n) is 9.07. The van der Waals surface area contributed by atoms with E-state index in [1.807, 2.05) is 26.2 Å². The summed E-state index contributed by atoms with van der Waals surface area (Å²) in [7, 11) is 5.51. The Morgan fingerprint density at radius 2 is 2.04 bits per heavy atom. The molecule has 1 atom stereocenters. The van der Waals surface area contributed by atoms with Gasteiger partial charge in [0.15, 0.2) is 6.04 Å². The van der Waals surface area contributed by atoms with Crippen LogP contribution in [-0.4, -0.2) is 27.7 Å². The molecule has 28 heavy (non-hydrogen) atoms. The molecule has 3 aromatic rings. The van der Waals surface area contributed by atoms with Gasteiger partial charge in [-0.15, -0.1) is 0 Å². The Kier molecular flexibility index (Phi) is 6.34. The van der Waals surface area contributed by atoms with E-state index in [0.717, 1.165) is 15.8 Å². The Morgan fingerprint density at radius 3 is 2.71 bits per heavy atom. The molecule has 0 saturated heterocycles. The molecule has 0 aliphatic rings. The highest BCUT2D eigenvalue weighted by atomic mass is 35.5. The van der Waals surface area contributed by atoms with Crippen molar-refractivity contribution < 1.29 is 23.8 Å². The molecular weight excluding hydrogens is 383 g/mol. The normalized spacial score (nSPS) is 12.5. The molecule has 1 heterocycles. The van der Waals surface area contributed by atoms with Crippen molar-refractivity contribution >= 4 is 22.6 Å². The van der Waals surface area contributed by atoms with Gasteiger partial charge in [0, 0.05) is 23.1 Å². The van der Waals surface area contributed by atoms with Crippen molar-refractivity contribution in [2.75, 3.05) is 27.7 Å². The van der Waals surface area contributed by atoms with Gasteiger partial charge < -0.3 is 19.4 Å². The number of hydrogen-bond donors (Lipinski definition) is 2. The Morgan fingerprint density at radius 1 is 1.25 bits per heavy atom. The number of benzene rings is 2. The Labute approximate surface area is 167 Å². The zero-order chi connectivity index (χ0) is 20.3. The molecule has 0 aliphatic heterocycles. The van der Waals surface area contributed by atoms with E-state index in [1.165, 1.54) is 12.1 Å². The molecule has 0 aliphatic carbocycles. The molecule has 3 N–H and O–H groups in total. The molecule has 0 fully saturated rings. The van der Waals surface area contributed by atoms with Gasteiger partial charge in [-0.25, -0.2) is 9.18 Å². The van der Waals surface area contributed by atoms with Crippen LogP contribution in [0.15, 0.2) is 51.7 Å². The number of hydrogen-bond acceptors (Lipinski definition) is 3. The number of fused-ring (bicyclic) bond motifs is 1. The molecule has 0 amide bonds. The van der Waals surface area contributed by atoms with Crippen LogP contribution in [0.1, 0.15) is 17.2 Å². The van der Waals surface area contributed by atoms with Crippen LogP contribution < -0.4 is 20.6 Å². The molecule has 0 spiro atoms. The Balaban J connectivity index is 1.82. The lowest BCUT2D eigenvalue weighted by Crippen LogP contribution is -3.09. The average molecular weight is 407 g/mol. The molecule has 3 rings (SSSR count). The lowest BCUT2D eigenvalue weighted by molar-refractivity contribution is -0.910. The van der Waals surface area contributed by atoms with Gasteiger partial charge in [0.1, 0.15) is 30.2 Å². The summed E-state index contributed by atoms with van der Waals surface area (Å²) >= 11 is 6.26. The highest BCUT2D eigenvalue weighted by molar-refractivity contribution is 6.31. The van der Waals surface area contributed by atoms with Gasteiger partial charge in [-0.2, -0.15) is 0 Å². The predicted octanol–water partition coefficient (Wildman–Crippen LogP) is 1.54. The number of ether oxygens (including phenoxy) is 1. The summed E-state index contributed by atoms with van der Waals surface area (Å²) in [4.78, 5) is 13.0. The van der Waals surface area contributed by atoms with Crippen LogP contribution in [0.5, 0.6) is 5.75 Å². The molecule has 0 bridgehead atoms. The molecule has 1 aromatic heterocycles. The second kappa shape index (κ2) is 8.73. The van der Waals surface area contributed by atoms with Gasteiger partial charge in [-0.05, 0) is 24.3 Å². The van der Waals surface area contributed by atoms with Crippen molar-refractivity contribution in [1.82, 2.24) is 0 Å². The van der Waals surface area contributed by atoms with Crippen LogP contribution in [0, 0.1) is 5.82 Å². The monoisotopic (exact) mass is 406 g/mol. The maximum absolute atomic E-state index is 14.4. The number of nitrogens with one attached hydrogen (secondary N) is 1. The van der Waals surface area contributed by atoms with Gasteiger partial charge in [0.2, 0.25) is 0 Å². The number of likely N-dealkylation sites (N-methyl/N-ethyl adjacent to an activating group) is 1. The zero-order valence-electron chi connectivity index (χ0n) is 16.1. The third-order valence-corrected chi connectivity index (χ3v) is 5.18. The molecule has 7 heteroatoms. The molecule has 0 unspecified atom stereocenters. The number of quaternary nitrogens is 2. The maximum Gasteiger partial charge on any atom is 0.336 e. The Hall–Kier alpha value is -2.41. The van der Waals surface area contributed by atoms with Crippen LogP contribution in [0.4, 0.5) is 4.39 Å². The molecule has 2 aromatic carbocycles. The third-order valence-electron chi connectivity index (χ3n) is 4.85. The van der Waals surface area contributed by atoms with Gasteiger partial charge in [0.25, 0.3) is 0 Å². The molecular formula is C21H24ClFN2O3+2. The van der Waals surface area contributed by atoms with E-state index in [0.29, 0.717) is 35.0 Å². The van der Waals surface area contributed by atoms with Crippen LogP contribution >= 0.6 is 11.6 Å². The summed E-state index contributed by atoms with van der Waals surface area (Å²) in [6.07, 6.45) is 0. The molecule has 0 radical (unpaired) electrons. The van der Waals surface area contributed by atoms with E-state index < -0.39 is 5.63 Å². The molecule has 148 valence electrons. The second-order valence-electron chi connectivity index (χ2n) is 6.95. The van der Waals surface area contributed by atoms with Crippen molar-refractivity contribution in [1.29, 1.82) is 0 Å². The van der Waals surface area contributed by atoms with E-state index in [2.05, 4.69) is 5.32 Å². The van der Waals surface area contributed by atoms with E-state index in [-0.39, 0.29) is 11.9 Å². The molecule has 0 saturated carbocycles. The predicted molar refractivity (Wildman–Crippen MR) is 106 cm³/mol. The van der Waals surface area contributed by atoms with Crippen molar-refractivity contribution in [3.8, 4) is 5.75 Å². The summed E-state index contributed by atoms with van der Waals surface area (Å²) in [5, 5.41) is 3.34. The number of nitrogens with two attached hydrogens (primary N) is 1. The minimum absolute atomic E-state index is 0.125.